The number of thiazole rings is 1. The molecule has 1 aromatic carbocycles. The van der Waals surface area contributed by atoms with Gasteiger partial charge in [-0.3, -0.25) is 0 Å². The predicted octanol–water partition coefficient (Wildman–Crippen LogP) is 3.69. The van der Waals surface area contributed by atoms with Crippen LogP contribution >= 0.6 is 11.3 Å². The molecular weight excluding hydrogens is 256 g/mol. The number of ether oxygens (including phenoxy) is 1. The maximum atomic E-state index is 5.74. The Kier molecular flexibility index (Phi) is 4.22. The number of nitrogen functional groups attached to an aromatic ring is 1. The van der Waals surface area contributed by atoms with E-state index in [0.717, 1.165) is 11.4 Å². The molecule has 1 aromatic heterocycles. The van der Waals surface area contributed by atoms with Crippen LogP contribution in [0.5, 0.6) is 5.75 Å². The van der Waals surface area contributed by atoms with E-state index in [2.05, 4.69) is 30.6 Å². The van der Waals surface area contributed by atoms with Gasteiger partial charge in [-0.2, -0.15) is 0 Å². The summed E-state index contributed by atoms with van der Waals surface area (Å²) in [5.41, 5.74) is 7.94. The van der Waals surface area contributed by atoms with Crippen molar-refractivity contribution in [2.24, 2.45) is 5.92 Å². The Bertz CT molecular complexity index is 548. The molecule has 2 N–H and O–H groups in total. The fourth-order valence-corrected chi connectivity index (χ4v) is 2.73. The van der Waals surface area contributed by atoms with E-state index >= 15 is 0 Å². The van der Waals surface area contributed by atoms with Gasteiger partial charge in [0.25, 0.3) is 0 Å². The van der Waals surface area contributed by atoms with Crippen molar-refractivity contribution < 1.29 is 4.74 Å². The molecule has 0 saturated carbocycles. The zero-order chi connectivity index (χ0) is 13.8. The molecular formula is C15H18N2OS. The first-order valence-electron chi connectivity index (χ1n) is 6.13. The van der Waals surface area contributed by atoms with E-state index in [0.29, 0.717) is 5.13 Å². The van der Waals surface area contributed by atoms with E-state index in [4.69, 9.17) is 10.5 Å². The average Bonchev–Trinajstić information content (AvgIpc) is 2.86. The van der Waals surface area contributed by atoms with Crippen molar-refractivity contribution in [2.75, 3.05) is 12.8 Å². The third kappa shape index (κ3) is 2.96. The van der Waals surface area contributed by atoms with Crippen molar-refractivity contribution in [1.29, 1.82) is 0 Å². The molecule has 0 spiro atoms. The average molecular weight is 274 g/mol. The van der Waals surface area contributed by atoms with Crippen molar-refractivity contribution >= 4 is 16.5 Å². The molecule has 2 rings (SSSR count). The van der Waals surface area contributed by atoms with Gasteiger partial charge in [-0.15, -0.1) is 17.9 Å². The van der Waals surface area contributed by atoms with Gasteiger partial charge in [0, 0.05) is 11.3 Å². The number of rotatable bonds is 5. The van der Waals surface area contributed by atoms with Gasteiger partial charge in [0.05, 0.1) is 12.8 Å². The molecule has 2 unspecified atom stereocenters. The Balaban J connectivity index is 2.39. The summed E-state index contributed by atoms with van der Waals surface area (Å²) in [6.07, 6.45) is 1.95. The maximum Gasteiger partial charge on any atom is 0.180 e. The lowest BCUT2D eigenvalue weighted by molar-refractivity contribution is 0.414. The van der Waals surface area contributed by atoms with Crippen molar-refractivity contribution in [3.8, 4) is 5.75 Å². The zero-order valence-corrected chi connectivity index (χ0v) is 12.0. The van der Waals surface area contributed by atoms with Gasteiger partial charge < -0.3 is 10.5 Å². The van der Waals surface area contributed by atoms with Crippen LogP contribution in [0.25, 0.3) is 0 Å². The zero-order valence-electron chi connectivity index (χ0n) is 11.2. The molecule has 3 nitrogen and oxygen atoms in total. The van der Waals surface area contributed by atoms with Gasteiger partial charge in [-0.25, -0.2) is 4.98 Å². The summed E-state index contributed by atoms with van der Waals surface area (Å²) < 4.78 is 5.19. The SMILES string of the molecule is C=CC(C)C(c1ccc(OC)cc1)c1csc(N)n1. The van der Waals surface area contributed by atoms with Crippen LogP contribution in [0.1, 0.15) is 24.1 Å². The minimum absolute atomic E-state index is 0.178. The molecule has 0 aliphatic heterocycles. The van der Waals surface area contributed by atoms with Gasteiger partial charge in [0.15, 0.2) is 5.13 Å². The number of allylic oxidation sites excluding steroid dienone is 1. The molecule has 4 heteroatoms. The number of aromatic nitrogens is 1. The van der Waals surface area contributed by atoms with Crippen LogP contribution in [0.4, 0.5) is 5.13 Å². The number of methoxy groups -OCH3 is 1. The molecule has 0 bridgehead atoms. The lowest BCUT2D eigenvalue weighted by Gasteiger charge is -2.20. The molecule has 0 aliphatic rings. The molecule has 100 valence electrons. The minimum Gasteiger partial charge on any atom is -0.497 e. The normalized spacial score (nSPS) is 13.8. The van der Waals surface area contributed by atoms with E-state index in [-0.39, 0.29) is 11.8 Å². The van der Waals surface area contributed by atoms with Crippen LogP contribution in [0, 0.1) is 5.92 Å². The van der Waals surface area contributed by atoms with Crippen LogP contribution in [0.2, 0.25) is 0 Å². The highest BCUT2D eigenvalue weighted by Crippen LogP contribution is 2.34. The minimum atomic E-state index is 0.178. The number of hydrogen-bond acceptors (Lipinski definition) is 4. The smallest absolute Gasteiger partial charge is 0.180 e. The summed E-state index contributed by atoms with van der Waals surface area (Å²) in [6, 6.07) is 8.07. The molecule has 2 atom stereocenters. The van der Waals surface area contributed by atoms with E-state index < -0.39 is 0 Å². The maximum absolute atomic E-state index is 5.74. The Morgan fingerprint density at radius 2 is 2.05 bits per heavy atom. The fourth-order valence-electron chi connectivity index (χ4n) is 2.13. The quantitative estimate of drug-likeness (QED) is 0.846. The first-order chi connectivity index (χ1) is 9.15. The van der Waals surface area contributed by atoms with Crippen molar-refractivity contribution in [2.45, 2.75) is 12.8 Å². The third-order valence-electron chi connectivity index (χ3n) is 3.23. The monoisotopic (exact) mass is 274 g/mol. The summed E-state index contributed by atoms with van der Waals surface area (Å²) in [7, 11) is 1.67. The number of anilines is 1. The molecule has 0 radical (unpaired) electrons. The van der Waals surface area contributed by atoms with Crippen molar-refractivity contribution in [3.63, 3.8) is 0 Å². The standard InChI is InChI=1S/C15H18N2OS/c1-4-10(2)14(13-9-19-15(16)17-13)11-5-7-12(18-3)8-6-11/h4-10,14H,1H2,2-3H3,(H2,16,17). The second-order valence-corrected chi connectivity index (χ2v) is 5.35. The Hall–Kier alpha value is -1.81. The first kappa shape index (κ1) is 13.6. The summed E-state index contributed by atoms with van der Waals surface area (Å²) in [4.78, 5) is 4.42. The number of nitrogens with zero attached hydrogens (tertiary/aromatic N) is 1. The van der Waals surface area contributed by atoms with E-state index in [1.165, 1.54) is 16.9 Å². The summed E-state index contributed by atoms with van der Waals surface area (Å²) in [6.45, 7) is 6.03. The van der Waals surface area contributed by atoms with E-state index in [1.54, 1.807) is 7.11 Å². The molecule has 0 aliphatic carbocycles. The van der Waals surface area contributed by atoms with Crippen LogP contribution in [0.3, 0.4) is 0 Å². The van der Waals surface area contributed by atoms with E-state index in [9.17, 15) is 0 Å². The summed E-state index contributed by atoms with van der Waals surface area (Å²) in [5.74, 6) is 1.32. The second-order valence-electron chi connectivity index (χ2n) is 4.46. The lowest BCUT2D eigenvalue weighted by Crippen LogP contribution is -2.10. The Morgan fingerprint density at radius 3 is 2.53 bits per heavy atom. The van der Waals surface area contributed by atoms with Crippen LogP contribution in [-0.4, -0.2) is 12.1 Å². The predicted molar refractivity (Wildman–Crippen MR) is 80.7 cm³/mol. The van der Waals surface area contributed by atoms with Crippen molar-refractivity contribution in [1.82, 2.24) is 4.98 Å². The molecule has 0 amide bonds. The van der Waals surface area contributed by atoms with Gasteiger partial charge in [0.2, 0.25) is 0 Å². The number of hydrogen-bond donors (Lipinski definition) is 1. The third-order valence-corrected chi connectivity index (χ3v) is 3.92. The largest absolute Gasteiger partial charge is 0.497 e. The lowest BCUT2D eigenvalue weighted by atomic mass is 9.85. The van der Waals surface area contributed by atoms with Crippen molar-refractivity contribution in [3.05, 3.63) is 53.6 Å². The molecule has 1 heterocycles. The van der Waals surface area contributed by atoms with Gasteiger partial charge in [-0.1, -0.05) is 25.1 Å². The molecule has 0 fully saturated rings. The molecule has 0 saturated heterocycles. The highest BCUT2D eigenvalue weighted by molar-refractivity contribution is 7.13. The fraction of sp³-hybridized carbons (Fsp3) is 0.267. The van der Waals surface area contributed by atoms with Crippen LogP contribution in [-0.2, 0) is 0 Å². The van der Waals surface area contributed by atoms with Crippen LogP contribution in [0.15, 0.2) is 42.3 Å². The molecule has 19 heavy (non-hydrogen) atoms. The topological polar surface area (TPSA) is 48.1 Å². The number of nitrogens with two attached hydrogens (primary N) is 1. The summed E-state index contributed by atoms with van der Waals surface area (Å²) >= 11 is 1.47. The Labute approximate surface area is 117 Å². The highest BCUT2D eigenvalue weighted by atomic mass is 32.1. The van der Waals surface area contributed by atoms with Crippen LogP contribution < -0.4 is 10.5 Å². The number of benzene rings is 1. The molecule has 2 aromatic rings. The van der Waals surface area contributed by atoms with E-state index in [1.807, 2.05) is 23.6 Å². The van der Waals surface area contributed by atoms with Gasteiger partial charge in [0.1, 0.15) is 5.75 Å². The van der Waals surface area contributed by atoms with Gasteiger partial charge >= 0.3 is 0 Å². The Morgan fingerprint density at radius 1 is 1.37 bits per heavy atom. The first-order valence-corrected chi connectivity index (χ1v) is 7.01. The second kappa shape index (κ2) is 5.89. The summed E-state index contributed by atoms with van der Waals surface area (Å²) in [5, 5.41) is 2.62. The van der Waals surface area contributed by atoms with Gasteiger partial charge in [-0.05, 0) is 23.6 Å². The highest BCUT2D eigenvalue weighted by Gasteiger charge is 2.21.